The lowest BCUT2D eigenvalue weighted by Gasteiger charge is -2.25. The van der Waals surface area contributed by atoms with E-state index in [9.17, 15) is 9.50 Å². The van der Waals surface area contributed by atoms with Gasteiger partial charge in [-0.3, -0.25) is 0 Å². The van der Waals surface area contributed by atoms with Crippen molar-refractivity contribution in [1.29, 1.82) is 0 Å². The van der Waals surface area contributed by atoms with Crippen molar-refractivity contribution in [2.24, 2.45) is 11.7 Å². The van der Waals surface area contributed by atoms with Crippen LogP contribution in [-0.2, 0) is 0 Å². The van der Waals surface area contributed by atoms with Crippen molar-refractivity contribution in [2.75, 3.05) is 0 Å². The Morgan fingerprint density at radius 2 is 2.00 bits per heavy atom. The van der Waals surface area contributed by atoms with E-state index in [-0.39, 0.29) is 16.8 Å². The van der Waals surface area contributed by atoms with Crippen LogP contribution < -0.4 is 5.73 Å². The largest absolute Gasteiger partial charge is 0.391 e. The van der Waals surface area contributed by atoms with E-state index in [4.69, 9.17) is 17.3 Å². The lowest BCUT2D eigenvalue weighted by molar-refractivity contribution is 0.0845. The van der Waals surface area contributed by atoms with E-state index in [1.54, 1.807) is 6.07 Å². The zero-order valence-corrected chi connectivity index (χ0v) is 10.3. The van der Waals surface area contributed by atoms with Gasteiger partial charge in [0.15, 0.2) is 0 Å². The van der Waals surface area contributed by atoms with Gasteiger partial charge in [-0.15, -0.1) is 0 Å². The van der Waals surface area contributed by atoms with Crippen LogP contribution in [0.15, 0.2) is 18.2 Å². The molecule has 1 aliphatic carbocycles. The molecule has 2 rings (SSSR count). The minimum Gasteiger partial charge on any atom is -0.391 e. The summed E-state index contributed by atoms with van der Waals surface area (Å²) in [6.45, 7) is 0. The summed E-state index contributed by atoms with van der Waals surface area (Å²) in [5.74, 6) is -0.146. The molecule has 2 nitrogen and oxygen atoms in total. The first-order chi connectivity index (χ1) is 8.09. The molecule has 17 heavy (non-hydrogen) atoms. The van der Waals surface area contributed by atoms with E-state index in [0.29, 0.717) is 5.56 Å². The van der Waals surface area contributed by atoms with Gasteiger partial charge in [0.05, 0.1) is 12.1 Å². The Hall–Kier alpha value is -0.640. The number of aliphatic hydroxyl groups excluding tert-OH is 1. The summed E-state index contributed by atoms with van der Waals surface area (Å²) in [5, 5.41) is 10.5. The molecule has 0 unspecified atom stereocenters. The quantitative estimate of drug-likeness (QED) is 0.874. The highest BCUT2D eigenvalue weighted by atomic mass is 35.5. The number of halogens is 2. The van der Waals surface area contributed by atoms with Crippen LogP contribution in [0.5, 0.6) is 0 Å². The number of rotatable bonds is 3. The Morgan fingerprint density at radius 3 is 2.59 bits per heavy atom. The first-order valence-electron chi connectivity index (χ1n) is 5.98. The molecule has 0 radical (unpaired) electrons. The molecule has 4 heteroatoms. The topological polar surface area (TPSA) is 46.2 Å². The Bertz CT molecular complexity index is 393. The molecule has 0 heterocycles. The average molecular weight is 258 g/mol. The Morgan fingerprint density at radius 1 is 1.35 bits per heavy atom. The molecule has 0 bridgehead atoms. The van der Waals surface area contributed by atoms with Gasteiger partial charge in [0.25, 0.3) is 0 Å². The molecule has 0 aromatic heterocycles. The fourth-order valence-corrected chi connectivity index (χ4v) is 2.84. The predicted octanol–water partition coefficient (Wildman–Crippen LogP) is 3.03. The van der Waals surface area contributed by atoms with Crippen molar-refractivity contribution in [1.82, 2.24) is 0 Å². The third-order valence-corrected chi connectivity index (χ3v) is 3.90. The second-order valence-corrected chi connectivity index (χ2v) is 5.13. The van der Waals surface area contributed by atoms with E-state index >= 15 is 0 Å². The monoisotopic (exact) mass is 257 g/mol. The van der Waals surface area contributed by atoms with E-state index < -0.39 is 12.1 Å². The van der Waals surface area contributed by atoms with Gasteiger partial charge in [0.1, 0.15) is 5.82 Å². The highest BCUT2D eigenvalue weighted by Gasteiger charge is 2.29. The lowest BCUT2D eigenvalue weighted by atomic mass is 9.91. The summed E-state index contributed by atoms with van der Waals surface area (Å²) < 4.78 is 12.9. The molecule has 0 saturated heterocycles. The van der Waals surface area contributed by atoms with Crippen LogP contribution in [-0.4, -0.2) is 11.2 Å². The number of hydrogen-bond donors (Lipinski definition) is 2. The summed E-state index contributed by atoms with van der Waals surface area (Å²) in [4.78, 5) is 0. The van der Waals surface area contributed by atoms with Gasteiger partial charge in [0.2, 0.25) is 0 Å². The van der Waals surface area contributed by atoms with E-state index in [1.807, 2.05) is 0 Å². The molecule has 1 fully saturated rings. The van der Waals surface area contributed by atoms with Crippen LogP contribution in [0, 0.1) is 11.7 Å². The summed E-state index contributed by atoms with van der Waals surface area (Å²) in [7, 11) is 0. The molecule has 1 aromatic rings. The Kier molecular flexibility index (Phi) is 4.02. The summed E-state index contributed by atoms with van der Waals surface area (Å²) in [6.07, 6.45) is 3.71. The average Bonchev–Trinajstić information content (AvgIpc) is 2.80. The first kappa shape index (κ1) is 12.8. The van der Waals surface area contributed by atoms with Crippen molar-refractivity contribution in [3.63, 3.8) is 0 Å². The maximum atomic E-state index is 12.9. The standard InChI is InChI=1S/C13H17ClFNO/c14-11-7-9(15)5-6-10(11)12(16)13(17)8-3-1-2-4-8/h5-8,12-13,17H,1-4,16H2/t12-,13+/m0/s1. The molecule has 0 amide bonds. The predicted molar refractivity (Wildman–Crippen MR) is 66.3 cm³/mol. The lowest BCUT2D eigenvalue weighted by Crippen LogP contribution is -2.32. The zero-order valence-electron chi connectivity index (χ0n) is 9.57. The Balaban J connectivity index is 2.15. The highest BCUT2D eigenvalue weighted by Crippen LogP contribution is 2.34. The van der Waals surface area contributed by atoms with Crippen LogP contribution in [0.1, 0.15) is 37.3 Å². The SMILES string of the molecule is N[C@@H](c1ccc(F)cc1Cl)[C@H](O)C1CCCC1. The minimum absolute atomic E-state index is 0.242. The van der Waals surface area contributed by atoms with Crippen LogP contribution >= 0.6 is 11.6 Å². The van der Waals surface area contributed by atoms with Crippen molar-refractivity contribution in [3.05, 3.63) is 34.6 Å². The van der Waals surface area contributed by atoms with Gasteiger partial charge >= 0.3 is 0 Å². The van der Waals surface area contributed by atoms with Gasteiger partial charge in [-0.2, -0.15) is 0 Å². The molecule has 1 saturated carbocycles. The van der Waals surface area contributed by atoms with Crippen molar-refractivity contribution < 1.29 is 9.50 Å². The van der Waals surface area contributed by atoms with Crippen LogP contribution in [0.2, 0.25) is 5.02 Å². The molecule has 2 atom stereocenters. The number of benzene rings is 1. The molecular formula is C13H17ClFNO. The van der Waals surface area contributed by atoms with Crippen molar-refractivity contribution in [3.8, 4) is 0 Å². The number of hydrogen-bond acceptors (Lipinski definition) is 2. The van der Waals surface area contributed by atoms with Gasteiger partial charge < -0.3 is 10.8 Å². The second kappa shape index (κ2) is 5.34. The molecule has 1 aromatic carbocycles. The maximum Gasteiger partial charge on any atom is 0.124 e. The first-order valence-corrected chi connectivity index (χ1v) is 6.36. The van der Waals surface area contributed by atoms with E-state index in [1.165, 1.54) is 12.1 Å². The smallest absolute Gasteiger partial charge is 0.124 e. The minimum atomic E-state index is -0.597. The van der Waals surface area contributed by atoms with Crippen molar-refractivity contribution >= 4 is 11.6 Å². The Labute approximate surface area is 106 Å². The van der Waals surface area contributed by atoms with Crippen LogP contribution in [0.3, 0.4) is 0 Å². The third kappa shape index (κ3) is 2.79. The van der Waals surface area contributed by atoms with Gasteiger partial charge in [0, 0.05) is 5.02 Å². The molecule has 0 spiro atoms. The summed E-state index contributed by atoms with van der Waals surface area (Å²) in [5.41, 5.74) is 6.63. The fourth-order valence-electron chi connectivity index (χ4n) is 2.55. The summed E-state index contributed by atoms with van der Waals surface area (Å²) >= 11 is 5.94. The van der Waals surface area contributed by atoms with E-state index in [0.717, 1.165) is 25.7 Å². The zero-order chi connectivity index (χ0) is 12.4. The van der Waals surface area contributed by atoms with Gasteiger partial charge in [-0.05, 0) is 36.5 Å². The highest BCUT2D eigenvalue weighted by molar-refractivity contribution is 6.31. The maximum absolute atomic E-state index is 12.9. The third-order valence-electron chi connectivity index (χ3n) is 3.57. The van der Waals surface area contributed by atoms with Crippen molar-refractivity contribution in [2.45, 2.75) is 37.8 Å². The second-order valence-electron chi connectivity index (χ2n) is 4.73. The number of aliphatic hydroxyl groups is 1. The van der Waals surface area contributed by atoms with Crippen LogP contribution in [0.4, 0.5) is 4.39 Å². The van der Waals surface area contributed by atoms with E-state index in [2.05, 4.69) is 0 Å². The normalized spacial score (nSPS) is 20.5. The number of nitrogens with two attached hydrogens (primary N) is 1. The van der Waals surface area contributed by atoms with Crippen LogP contribution in [0.25, 0.3) is 0 Å². The summed E-state index contributed by atoms with van der Waals surface area (Å²) in [6, 6.07) is 3.58. The molecule has 94 valence electrons. The van der Waals surface area contributed by atoms with Gasteiger partial charge in [-0.1, -0.05) is 30.5 Å². The molecular weight excluding hydrogens is 241 g/mol. The molecule has 1 aliphatic rings. The fraction of sp³-hybridized carbons (Fsp3) is 0.538. The van der Waals surface area contributed by atoms with Gasteiger partial charge in [-0.25, -0.2) is 4.39 Å². The molecule has 3 N–H and O–H groups in total. The molecule has 0 aliphatic heterocycles.